The molecule has 0 aliphatic heterocycles. The fourth-order valence-electron chi connectivity index (χ4n) is 2.01. The third kappa shape index (κ3) is 3.45. The van der Waals surface area contributed by atoms with Gasteiger partial charge in [0, 0.05) is 37.7 Å². The molecule has 10 heteroatoms. The number of rotatable bonds is 6. The molecule has 0 aliphatic carbocycles. The summed E-state index contributed by atoms with van der Waals surface area (Å²) in [6.07, 6.45) is 3.62. The summed E-state index contributed by atoms with van der Waals surface area (Å²) in [5.74, 6) is 0. The number of aromatic nitrogens is 2. The Morgan fingerprint density at radius 3 is 2.73 bits per heavy atom. The van der Waals surface area contributed by atoms with Crippen molar-refractivity contribution in [1.82, 2.24) is 9.78 Å². The number of nitrogens with one attached hydrogen (secondary N) is 1. The van der Waals surface area contributed by atoms with Crippen molar-refractivity contribution in [3.63, 3.8) is 0 Å². The number of nitrogens with zero attached hydrogens (tertiary/aromatic N) is 3. The van der Waals surface area contributed by atoms with E-state index in [0.29, 0.717) is 6.54 Å². The smallest absolute Gasteiger partial charge is 0.304 e. The molecule has 0 saturated carbocycles. The molecule has 1 N–H and O–H groups in total. The highest BCUT2D eigenvalue weighted by Gasteiger charge is 2.23. The van der Waals surface area contributed by atoms with Gasteiger partial charge >= 0.3 is 5.69 Å². The van der Waals surface area contributed by atoms with Crippen molar-refractivity contribution in [2.75, 3.05) is 11.6 Å². The summed E-state index contributed by atoms with van der Waals surface area (Å²) >= 11 is 0.866. The molecular weight excluding hydrogens is 328 g/mol. The molecule has 0 atom stereocenters. The number of hydrogen-bond donors (Lipinski definition) is 1. The van der Waals surface area contributed by atoms with Gasteiger partial charge in [-0.05, 0) is 6.42 Å². The number of hydrogen-bond acceptors (Lipinski definition) is 7. The van der Waals surface area contributed by atoms with Crippen LogP contribution in [-0.2, 0) is 29.9 Å². The number of aryl methyl sites for hydroxylation is 2. The molecule has 0 amide bonds. The molecule has 0 fully saturated rings. The summed E-state index contributed by atoms with van der Waals surface area (Å²) in [5.41, 5.74) is 1.60. The van der Waals surface area contributed by atoms with Crippen LogP contribution in [0.5, 0.6) is 0 Å². The second-order valence-electron chi connectivity index (χ2n) is 4.79. The van der Waals surface area contributed by atoms with Crippen LogP contribution in [0.15, 0.2) is 16.5 Å². The van der Waals surface area contributed by atoms with E-state index in [0.717, 1.165) is 41.3 Å². The second-order valence-corrected chi connectivity index (χ2v) is 8.09. The average molecular weight is 344 g/mol. The van der Waals surface area contributed by atoms with Crippen molar-refractivity contribution >= 4 is 31.9 Å². The summed E-state index contributed by atoms with van der Waals surface area (Å²) in [4.78, 5) is 10.5. The summed E-state index contributed by atoms with van der Waals surface area (Å²) in [5, 5.41) is 18.5. The SMILES string of the molecule is CCc1nn(C)cc1CNc1sc(S(C)(=O)=O)cc1[N+](=O)[O-]. The lowest BCUT2D eigenvalue weighted by Gasteiger charge is -2.03. The van der Waals surface area contributed by atoms with Crippen LogP contribution in [0, 0.1) is 10.1 Å². The van der Waals surface area contributed by atoms with E-state index in [-0.39, 0.29) is 14.9 Å². The topological polar surface area (TPSA) is 107 Å². The molecule has 22 heavy (non-hydrogen) atoms. The lowest BCUT2D eigenvalue weighted by molar-refractivity contribution is -0.383. The van der Waals surface area contributed by atoms with Gasteiger partial charge in [-0.3, -0.25) is 14.8 Å². The van der Waals surface area contributed by atoms with Crippen molar-refractivity contribution in [2.24, 2.45) is 7.05 Å². The molecule has 0 aliphatic rings. The highest BCUT2D eigenvalue weighted by Crippen LogP contribution is 2.37. The van der Waals surface area contributed by atoms with Gasteiger partial charge in [-0.1, -0.05) is 18.3 Å². The Balaban J connectivity index is 2.29. The number of anilines is 1. The third-order valence-electron chi connectivity index (χ3n) is 3.02. The van der Waals surface area contributed by atoms with Crippen molar-refractivity contribution in [3.8, 4) is 0 Å². The van der Waals surface area contributed by atoms with E-state index in [1.807, 2.05) is 13.1 Å². The maximum absolute atomic E-state index is 11.5. The first-order chi connectivity index (χ1) is 10.2. The molecule has 0 radical (unpaired) electrons. The maximum atomic E-state index is 11.5. The molecule has 2 aromatic heterocycles. The lowest BCUT2D eigenvalue weighted by atomic mass is 10.2. The zero-order chi connectivity index (χ0) is 16.5. The highest BCUT2D eigenvalue weighted by atomic mass is 32.2. The Morgan fingerprint density at radius 2 is 2.18 bits per heavy atom. The van der Waals surface area contributed by atoms with Gasteiger partial charge < -0.3 is 5.32 Å². The third-order valence-corrected chi connectivity index (χ3v) is 5.90. The summed E-state index contributed by atoms with van der Waals surface area (Å²) in [6.45, 7) is 2.32. The van der Waals surface area contributed by atoms with Crippen molar-refractivity contribution < 1.29 is 13.3 Å². The first-order valence-corrected chi connectivity index (χ1v) is 9.16. The van der Waals surface area contributed by atoms with Crippen LogP contribution in [0.4, 0.5) is 10.7 Å². The molecule has 0 spiro atoms. The molecule has 0 saturated heterocycles. The van der Waals surface area contributed by atoms with E-state index in [1.54, 1.807) is 11.7 Å². The van der Waals surface area contributed by atoms with Gasteiger partial charge in [-0.25, -0.2) is 8.42 Å². The molecule has 2 aromatic rings. The van der Waals surface area contributed by atoms with Crippen LogP contribution in [0.3, 0.4) is 0 Å². The van der Waals surface area contributed by atoms with Crippen molar-refractivity contribution in [2.45, 2.75) is 24.1 Å². The normalized spacial score (nSPS) is 11.6. The van der Waals surface area contributed by atoms with Gasteiger partial charge in [-0.2, -0.15) is 5.10 Å². The molecule has 2 rings (SSSR count). The van der Waals surface area contributed by atoms with Crippen LogP contribution < -0.4 is 5.32 Å². The van der Waals surface area contributed by atoms with Gasteiger partial charge in [-0.15, -0.1) is 0 Å². The number of nitro groups is 1. The molecule has 0 unspecified atom stereocenters. The summed E-state index contributed by atoms with van der Waals surface area (Å²) < 4.78 is 24.7. The Hall–Kier alpha value is -1.94. The molecule has 2 heterocycles. The monoisotopic (exact) mass is 344 g/mol. The van der Waals surface area contributed by atoms with E-state index in [9.17, 15) is 18.5 Å². The average Bonchev–Trinajstić information content (AvgIpc) is 2.98. The van der Waals surface area contributed by atoms with E-state index in [1.165, 1.54) is 0 Å². The molecule has 120 valence electrons. The van der Waals surface area contributed by atoms with Crippen LogP contribution in [0.1, 0.15) is 18.2 Å². The quantitative estimate of drug-likeness (QED) is 0.634. The Morgan fingerprint density at radius 1 is 1.50 bits per heavy atom. The van der Waals surface area contributed by atoms with Gasteiger partial charge in [0.05, 0.1) is 10.6 Å². The first-order valence-electron chi connectivity index (χ1n) is 6.46. The Bertz CT molecular complexity index is 807. The zero-order valence-corrected chi connectivity index (χ0v) is 14.0. The highest BCUT2D eigenvalue weighted by molar-refractivity contribution is 7.92. The summed E-state index contributed by atoms with van der Waals surface area (Å²) in [6, 6.07) is 1.09. The number of sulfone groups is 1. The summed E-state index contributed by atoms with van der Waals surface area (Å²) in [7, 11) is -1.67. The lowest BCUT2D eigenvalue weighted by Crippen LogP contribution is -2.01. The number of thiophene rings is 1. The van der Waals surface area contributed by atoms with Gasteiger partial charge in [0.1, 0.15) is 4.21 Å². The van der Waals surface area contributed by atoms with Crippen LogP contribution >= 0.6 is 11.3 Å². The van der Waals surface area contributed by atoms with Crippen molar-refractivity contribution in [1.29, 1.82) is 0 Å². The van der Waals surface area contributed by atoms with Crippen LogP contribution in [0.2, 0.25) is 0 Å². The molecule has 8 nitrogen and oxygen atoms in total. The zero-order valence-electron chi connectivity index (χ0n) is 12.4. The van der Waals surface area contributed by atoms with Gasteiger partial charge in [0.25, 0.3) is 0 Å². The fourth-order valence-corrected chi connectivity index (χ4v) is 3.94. The predicted molar refractivity (Wildman–Crippen MR) is 84.0 cm³/mol. The van der Waals surface area contributed by atoms with E-state index < -0.39 is 14.8 Å². The molecular formula is C12H16N4O4S2. The fraction of sp³-hybridized carbons (Fsp3) is 0.417. The van der Waals surface area contributed by atoms with Gasteiger partial charge in [0.2, 0.25) is 0 Å². The predicted octanol–water partition coefficient (Wildman–Crippen LogP) is 1.97. The largest absolute Gasteiger partial charge is 0.367 e. The van der Waals surface area contributed by atoms with E-state index >= 15 is 0 Å². The minimum Gasteiger partial charge on any atom is -0.367 e. The van der Waals surface area contributed by atoms with E-state index in [2.05, 4.69) is 10.4 Å². The standard InChI is InChI=1S/C12H16N4O4S2/c1-4-9-8(7-15(2)14-9)6-13-12-10(16(17)18)5-11(21-12)22(3,19)20/h5,7,13H,4,6H2,1-3H3. The maximum Gasteiger partial charge on any atom is 0.304 e. The van der Waals surface area contributed by atoms with E-state index in [4.69, 9.17) is 0 Å². The van der Waals surface area contributed by atoms with Crippen LogP contribution in [0.25, 0.3) is 0 Å². The van der Waals surface area contributed by atoms with Crippen LogP contribution in [-0.4, -0.2) is 29.4 Å². The van der Waals surface area contributed by atoms with Crippen molar-refractivity contribution in [3.05, 3.63) is 33.6 Å². The Kier molecular flexibility index (Phi) is 4.52. The minimum absolute atomic E-state index is 0.0244. The molecule has 0 bridgehead atoms. The minimum atomic E-state index is -3.47. The van der Waals surface area contributed by atoms with Gasteiger partial charge in [0.15, 0.2) is 14.8 Å². The Labute approximate surface area is 131 Å². The first kappa shape index (κ1) is 16.4. The second kappa shape index (κ2) is 6.05. The molecule has 0 aromatic carbocycles.